The number of hydrogen-bond donors (Lipinski definition) is 0. The molecule has 0 bridgehead atoms. The molecule has 0 unspecified atom stereocenters. The summed E-state index contributed by atoms with van der Waals surface area (Å²) in [5.74, 6) is 1.23. The van der Waals surface area contributed by atoms with Crippen molar-refractivity contribution in [1.82, 2.24) is 9.80 Å². The Morgan fingerprint density at radius 2 is 1.67 bits per heavy atom. The van der Waals surface area contributed by atoms with E-state index in [-0.39, 0.29) is 12.5 Å². The van der Waals surface area contributed by atoms with E-state index in [2.05, 4.69) is 4.90 Å². The Bertz CT molecular complexity index is 608. The second kappa shape index (κ2) is 7.83. The third-order valence-corrected chi connectivity index (χ3v) is 5.11. The van der Waals surface area contributed by atoms with Crippen LogP contribution in [-0.4, -0.2) is 60.6 Å². The first kappa shape index (κ1) is 17.0. The first-order chi connectivity index (χ1) is 11.7. The molecular formula is C18H24N2O3S. The standard InChI is InChI=1S/C18H24N2O3S/c1-22-16-12-14(18(24)20-10-4-5-11-20)6-7-15(16)23-13-17(21)19-8-2-3-9-19/h6-7,12H,2-5,8-11,13H2,1H3. The molecule has 0 aliphatic carbocycles. The Kier molecular flexibility index (Phi) is 5.56. The highest BCUT2D eigenvalue weighted by Gasteiger charge is 2.20. The zero-order valence-corrected chi connectivity index (χ0v) is 14.9. The van der Waals surface area contributed by atoms with Gasteiger partial charge in [-0.05, 0) is 43.9 Å². The van der Waals surface area contributed by atoms with Crippen LogP contribution in [0.1, 0.15) is 31.2 Å². The van der Waals surface area contributed by atoms with Crippen LogP contribution < -0.4 is 9.47 Å². The second-order valence-corrected chi connectivity index (χ2v) is 6.63. The van der Waals surface area contributed by atoms with Crippen LogP contribution in [0, 0.1) is 0 Å². The monoisotopic (exact) mass is 348 g/mol. The van der Waals surface area contributed by atoms with Gasteiger partial charge in [0.25, 0.3) is 5.91 Å². The lowest BCUT2D eigenvalue weighted by Crippen LogP contribution is -2.32. The van der Waals surface area contributed by atoms with Gasteiger partial charge in [0.1, 0.15) is 4.99 Å². The topological polar surface area (TPSA) is 42.0 Å². The molecule has 0 atom stereocenters. The maximum atomic E-state index is 12.1. The molecule has 0 radical (unpaired) electrons. The molecule has 2 saturated heterocycles. The fourth-order valence-electron chi connectivity index (χ4n) is 3.22. The molecule has 1 aromatic rings. The summed E-state index contributed by atoms with van der Waals surface area (Å²) in [4.78, 5) is 17.0. The number of carbonyl (C=O) groups is 1. The van der Waals surface area contributed by atoms with E-state index in [4.69, 9.17) is 21.7 Å². The first-order valence-corrected chi connectivity index (χ1v) is 8.98. The molecule has 0 spiro atoms. The van der Waals surface area contributed by atoms with Gasteiger partial charge in [-0.3, -0.25) is 4.79 Å². The highest BCUT2D eigenvalue weighted by atomic mass is 32.1. The molecule has 2 heterocycles. The van der Waals surface area contributed by atoms with Crippen molar-refractivity contribution in [2.24, 2.45) is 0 Å². The Morgan fingerprint density at radius 1 is 1.04 bits per heavy atom. The number of amides is 1. The number of hydrogen-bond acceptors (Lipinski definition) is 4. The second-order valence-electron chi connectivity index (χ2n) is 6.24. The molecule has 1 amide bonds. The van der Waals surface area contributed by atoms with Crippen LogP contribution in [0.15, 0.2) is 18.2 Å². The number of methoxy groups -OCH3 is 1. The summed E-state index contributed by atoms with van der Waals surface area (Å²) in [7, 11) is 1.60. The molecule has 3 rings (SSSR count). The van der Waals surface area contributed by atoms with E-state index in [9.17, 15) is 4.79 Å². The van der Waals surface area contributed by atoms with E-state index in [1.165, 1.54) is 12.8 Å². The molecule has 2 aliphatic rings. The Morgan fingerprint density at radius 3 is 2.29 bits per heavy atom. The van der Waals surface area contributed by atoms with Gasteiger partial charge in [-0.2, -0.15) is 0 Å². The minimum absolute atomic E-state index is 0.0335. The fraction of sp³-hybridized carbons (Fsp3) is 0.556. The summed E-state index contributed by atoms with van der Waals surface area (Å²) in [6, 6.07) is 5.68. The molecule has 2 aliphatic heterocycles. The maximum absolute atomic E-state index is 12.1. The van der Waals surface area contributed by atoms with Crippen molar-refractivity contribution in [3.05, 3.63) is 23.8 Å². The van der Waals surface area contributed by atoms with E-state index in [1.54, 1.807) is 7.11 Å². The number of benzene rings is 1. The summed E-state index contributed by atoms with van der Waals surface area (Å²) in [6.07, 6.45) is 4.55. The quantitative estimate of drug-likeness (QED) is 0.765. The van der Waals surface area contributed by atoms with Crippen molar-refractivity contribution in [3.63, 3.8) is 0 Å². The summed E-state index contributed by atoms with van der Waals surface area (Å²) in [5, 5.41) is 0. The molecule has 24 heavy (non-hydrogen) atoms. The predicted molar refractivity (Wildman–Crippen MR) is 96.8 cm³/mol. The van der Waals surface area contributed by atoms with Gasteiger partial charge >= 0.3 is 0 Å². The number of likely N-dealkylation sites (tertiary alicyclic amines) is 2. The number of nitrogens with zero attached hydrogens (tertiary/aromatic N) is 2. The van der Waals surface area contributed by atoms with Crippen LogP contribution in [0.3, 0.4) is 0 Å². The zero-order chi connectivity index (χ0) is 16.9. The van der Waals surface area contributed by atoms with Gasteiger partial charge in [0, 0.05) is 31.7 Å². The van der Waals surface area contributed by atoms with Crippen molar-refractivity contribution in [2.45, 2.75) is 25.7 Å². The van der Waals surface area contributed by atoms with E-state index in [0.717, 1.165) is 49.6 Å². The van der Waals surface area contributed by atoms with Crippen LogP contribution in [0.5, 0.6) is 11.5 Å². The molecule has 6 heteroatoms. The molecule has 5 nitrogen and oxygen atoms in total. The summed E-state index contributed by atoms with van der Waals surface area (Å²) >= 11 is 5.58. The normalized spacial score (nSPS) is 17.2. The molecule has 0 saturated carbocycles. The zero-order valence-electron chi connectivity index (χ0n) is 14.1. The number of carbonyl (C=O) groups excluding carboxylic acids is 1. The molecule has 130 valence electrons. The third-order valence-electron chi connectivity index (χ3n) is 4.61. The average Bonchev–Trinajstić information content (AvgIpc) is 3.32. The largest absolute Gasteiger partial charge is 0.493 e. The first-order valence-electron chi connectivity index (χ1n) is 8.57. The summed E-state index contributed by atoms with van der Waals surface area (Å²) in [5.41, 5.74) is 0.960. The lowest BCUT2D eigenvalue weighted by atomic mass is 10.2. The number of rotatable bonds is 5. The third kappa shape index (κ3) is 3.80. The highest BCUT2D eigenvalue weighted by molar-refractivity contribution is 7.80. The van der Waals surface area contributed by atoms with Crippen LogP contribution >= 0.6 is 12.2 Å². The lowest BCUT2D eigenvalue weighted by Gasteiger charge is -2.20. The van der Waals surface area contributed by atoms with Crippen LogP contribution in [0.25, 0.3) is 0 Å². The summed E-state index contributed by atoms with van der Waals surface area (Å²) < 4.78 is 11.1. The van der Waals surface area contributed by atoms with Gasteiger partial charge < -0.3 is 19.3 Å². The smallest absolute Gasteiger partial charge is 0.260 e. The predicted octanol–water partition coefficient (Wildman–Crippen LogP) is 2.47. The van der Waals surface area contributed by atoms with Crippen LogP contribution in [0.2, 0.25) is 0 Å². The van der Waals surface area contributed by atoms with E-state index in [0.29, 0.717) is 11.5 Å². The molecule has 0 aromatic heterocycles. The summed E-state index contributed by atoms with van der Waals surface area (Å²) in [6.45, 7) is 3.75. The van der Waals surface area contributed by atoms with Gasteiger partial charge in [0.15, 0.2) is 18.1 Å². The van der Waals surface area contributed by atoms with Gasteiger partial charge in [-0.15, -0.1) is 0 Å². The van der Waals surface area contributed by atoms with Gasteiger partial charge in [0.05, 0.1) is 7.11 Å². The minimum atomic E-state index is 0.0335. The molecule has 1 aromatic carbocycles. The van der Waals surface area contributed by atoms with E-state index >= 15 is 0 Å². The molecular weight excluding hydrogens is 324 g/mol. The number of thiocarbonyl (C=S) groups is 1. The van der Waals surface area contributed by atoms with Crippen LogP contribution in [-0.2, 0) is 4.79 Å². The Labute approximate surface area is 148 Å². The van der Waals surface area contributed by atoms with Crippen molar-refractivity contribution in [3.8, 4) is 11.5 Å². The van der Waals surface area contributed by atoms with Crippen molar-refractivity contribution < 1.29 is 14.3 Å². The Balaban J connectivity index is 1.65. The van der Waals surface area contributed by atoms with Gasteiger partial charge in [-0.25, -0.2) is 0 Å². The average molecular weight is 348 g/mol. The highest BCUT2D eigenvalue weighted by Crippen LogP contribution is 2.29. The Hall–Kier alpha value is -1.82. The number of ether oxygens (including phenoxy) is 2. The van der Waals surface area contributed by atoms with Gasteiger partial charge in [0.2, 0.25) is 0 Å². The SMILES string of the molecule is COc1cc(C(=S)N2CCCC2)ccc1OCC(=O)N1CCCC1. The van der Waals surface area contributed by atoms with Gasteiger partial charge in [-0.1, -0.05) is 12.2 Å². The van der Waals surface area contributed by atoms with Crippen LogP contribution in [0.4, 0.5) is 0 Å². The lowest BCUT2D eigenvalue weighted by molar-refractivity contribution is -0.132. The van der Waals surface area contributed by atoms with E-state index in [1.807, 2.05) is 23.1 Å². The molecule has 0 N–H and O–H groups in total. The van der Waals surface area contributed by atoms with Crippen molar-refractivity contribution >= 4 is 23.1 Å². The maximum Gasteiger partial charge on any atom is 0.260 e. The van der Waals surface area contributed by atoms with Crippen molar-refractivity contribution in [1.29, 1.82) is 0 Å². The minimum Gasteiger partial charge on any atom is -0.493 e. The molecule has 2 fully saturated rings. The van der Waals surface area contributed by atoms with E-state index < -0.39 is 0 Å². The van der Waals surface area contributed by atoms with Crippen molar-refractivity contribution in [2.75, 3.05) is 39.9 Å². The fourth-order valence-corrected chi connectivity index (χ4v) is 3.53.